The Hall–Kier alpha value is -3.55. The highest BCUT2D eigenvalue weighted by molar-refractivity contribution is 6.11. The lowest BCUT2D eigenvalue weighted by Crippen LogP contribution is -2.35. The number of ether oxygens (including phenoxy) is 2. The van der Waals surface area contributed by atoms with Gasteiger partial charge in [0.2, 0.25) is 11.8 Å². The number of allylic oxidation sites excluding steroid dienone is 2. The Bertz CT molecular complexity index is 1050. The Morgan fingerprint density at radius 3 is 2.74 bits per heavy atom. The number of nitrogens with zero attached hydrogens (tertiary/aromatic N) is 3. The van der Waals surface area contributed by atoms with Crippen molar-refractivity contribution in [2.24, 2.45) is 4.99 Å². The Morgan fingerprint density at radius 1 is 1.26 bits per heavy atom. The van der Waals surface area contributed by atoms with Crippen molar-refractivity contribution in [3.8, 4) is 0 Å². The lowest BCUT2D eigenvalue weighted by Gasteiger charge is -2.26. The number of rotatable bonds is 10. The lowest BCUT2D eigenvalue weighted by atomic mass is 10.0. The average molecular weight is 461 g/mol. The van der Waals surface area contributed by atoms with E-state index in [0.29, 0.717) is 5.88 Å². The van der Waals surface area contributed by atoms with Crippen LogP contribution in [0.3, 0.4) is 0 Å². The number of morpholine rings is 1. The highest BCUT2D eigenvalue weighted by atomic mass is 16.5. The van der Waals surface area contributed by atoms with Gasteiger partial charge in [0, 0.05) is 55.6 Å². The summed E-state index contributed by atoms with van der Waals surface area (Å²) in [5, 5.41) is 2.92. The molecule has 7 nitrogen and oxygen atoms in total. The van der Waals surface area contributed by atoms with E-state index in [0.717, 1.165) is 61.7 Å². The van der Waals surface area contributed by atoms with Gasteiger partial charge < -0.3 is 14.8 Å². The number of benzene rings is 1. The highest BCUT2D eigenvalue weighted by Crippen LogP contribution is 2.20. The molecule has 0 unspecified atom stereocenters. The summed E-state index contributed by atoms with van der Waals surface area (Å²) in [7, 11) is 1.53. The Morgan fingerprint density at radius 2 is 2.03 bits per heavy atom. The summed E-state index contributed by atoms with van der Waals surface area (Å²) < 4.78 is 10.4. The van der Waals surface area contributed by atoms with Gasteiger partial charge in [0.25, 0.3) is 0 Å². The molecule has 2 aromatic rings. The summed E-state index contributed by atoms with van der Waals surface area (Å²) >= 11 is 0. The zero-order valence-corrected chi connectivity index (χ0v) is 19.9. The monoisotopic (exact) mass is 460 g/mol. The molecule has 34 heavy (non-hydrogen) atoms. The van der Waals surface area contributed by atoms with Gasteiger partial charge in [0.15, 0.2) is 0 Å². The first-order chi connectivity index (χ1) is 16.6. The van der Waals surface area contributed by atoms with Crippen LogP contribution in [0.1, 0.15) is 30.0 Å². The summed E-state index contributed by atoms with van der Waals surface area (Å²) in [6, 6.07) is 9.84. The summed E-state index contributed by atoms with van der Waals surface area (Å²) in [5.41, 5.74) is 4.60. The zero-order valence-electron chi connectivity index (χ0n) is 19.9. The van der Waals surface area contributed by atoms with Crippen LogP contribution in [0.15, 0.2) is 72.3 Å². The largest absolute Gasteiger partial charge is 0.481 e. The second-order valence-electron chi connectivity index (χ2n) is 7.79. The van der Waals surface area contributed by atoms with Crippen LogP contribution >= 0.6 is 0 Å². The standard InChI is InChI=1S/C27H32N4O3/c1-4-5-23(19-29-21(2)33-3)26-12-13-28-18-24(26)8-11-27(32)30-25-9-6-22(7-10-25)20-31-14-16-34-17-15-31/h5-13,18-19H,2,4,14-17,20H2,1,3H3,(H,30,32)/b11-8+,23-5+,29-19?. The molecule has 1 aliphatic rings. The molecule has 1 aromatic heterocycles. The summed E-state index contributed by atoms with van der Waals surface area (Å²) in [5.74, 6) is 0.113. The van der Waals surface area contributed by atoms with Crippen molar-refractivity contribution < 1.29 is 14.3 Å². The number of aliphatic imine (C=N–C) groups is 1. The Balaban J connectivity index is 1.65. The van der Waals surface area contributed by atoms with E-state index in [1.807, 2.05) is 30.3 Å². The number of amides is 1. The van der Waals surface area contributed by atoms with E-state index in [2.05, 4.69) is 39.8 Å². The van der Waals surface area contributed by atoms with Crippen molar-refractivity contribution in [3.63, 3.8) is 0 Å². The van der Waals surface area contributed by atoms with Crippen molar-refractivity contribution in [1.82, 2.24) is 9.88 Å². The van der Waals surface area contributed by atoms with Gasteiger partial charge >= 0.3 is 0 Å². The second kappa shape index (κ2) is 13.2. The van der Waals surface area contributed by atoms with E-state index in [9.17, 15) is 4.79 Å². The van der Waals surface area contributed by atoms with Crippen LogP contribution in [-0.2, 0) is 20.8 Å². The predicted octanol–water partition coefficient (Wildman–Crippen LogP) is 4.55. The smallest absolute Gasteiger partial charge is 0.248 e. The number of hydrogen-bond acceptors (Lipinski definition) is 6. The Labute approximate surface area is 201 Å². The number of pyridine rings is 1. The highest BCUT2D eigenvalue weighted by Gasteiger charge is 2.10. The van der Waals surface area contributed by atoms with Gasteiger partial charge in [0.1, 0.15) is 0 Å². The van der Waals surface area contributed by atoms with Gasteiger partial charge in [-0.3, -0.25) is 14.7 Å². The van der Waals surface area contributed by atoms with E-state index in [1.54, 1.807) is 24.7 Å². The molecule has 1 N–H and O–H groups in total. The molecule has 2 heterocycles. The number of hydrogen-bond donors (Lipinski definition) is 1. The molecule has 1 saturated heterocycles. The molecule has 0 aliphatic carbocycles. The van der Waals surface area contributed by atoms with Crippen LogP contribution < -0.4 is 5.32 Å². The summed E-state index contributed by atoms with van der Waals surface area (Å²) in [4.78, 5) is 23.3. The van der Waals surface area contributed by atoms with Crippen LogP contribution in [0.2, 0.25) is 0 Å². The lowest BCUT2D eigenvalue weighted by molar-refractivity contribution is -0.111. The molecule has 3 rings (SSSR count). The van der Waals surface area contributed by atoms with Crippen LogP contribution in [-0.4, -0.2) is 55.4 Å². The summed E-state index contributed by atoms with van der Waals surface area (Å²) in [6.07, 6.45) is 11.3. The first-order valence-electron chi connectivity index (χ1n) is 11.4. The molecule has 1 amide bonds. The van der Waals surface area contributed by atoms with E-state index in [1.165, 1.54) is 18.7 Å². The van der Waals surface area contributed by atoms with Gasteiger partial charge in [0.05, 0.1) is 20.3 Å². The minimum absolute atomic E-state index is 0.210. The quantitative estimate of drug-likeness (QED) is 0.320. The van der Waals surface area contributed by atoms with E-state index >= 15 is 0 Å². The van der Waals surface area contributed by atoms with Gasteiger partial charge in [-0.05, 0) is 54.0 Å². The van der Waals surface area contributed by atoms with Crippen molar-refractivity contribution in [2.75, 3.05) is 38.7 Å². The zero-order chi connectivity index (χ0) is 24.2. The molecule has 178 valence electrons. The SMILES string of the molecule is C=C(N=C/C(=C\CC)c1ccncc1/C=C/C(=O)Nc1ccc(CN2CCOCC2)cc1)OC. The van der Waals surface area contributed by atoms with Crippen molar-refractivity contribution >= 4 is 29.5 Å². The number of carbonyl (C=O) groups excluding carboxylic acids is 1. The van der Waals surface area contributed by atoms with Gasteiger partial charge in [-0.1, -0.05) is 25.1 Å². The first kappa shape index (κ1) is 25.1. The Kier molecular flexibility index (Phi) is 9.76. The third-order valence-electron chi connectivity index (χ3n) is 5.32. The van der Waals surface area contributed by atoms with E-state index in [4.69, 9.17) is 9.47 Å². The van der Waals surface area contributed by atoms with Crippen molar-refractivity contribution in [1.29, 1.82) is 0 Å². The minimum atomic E-state index is -0.210. The normalized spacial score (nSPS) is 15.1. The number of methoxy groups -OCH3 is 1. The average Bonchev–Trinajstić information content (AvgIpc) is 2.87. The topological polar surface area (TPSA) is 76.1 Å². The number of aromatic nitrogens is 1. The van der Waals surface area contributed by atoms with Crippen LogP contribution in [0.25, 0.3) is 11.6 Å². The van der Waals surface area contributed by atoms with Gasteiger partial charge in [-0.25, -0.2) is 4.99 Å². The third kappa shape index (κ3) is 7.79. The molecule has 1 fully saturated rings. The number of carbonyl (C=O) groups is 1. The third-order valence-corrected chi connectivity index (χ3v) is 5.32. The van der Waals surface area contributed by atoms with E-state index in [-0.39, 0.29) is 5.91 Å². The predicted molar refractivity (Wildman–Crippen MR) is 137 cm³/mol. The summed E-state index contributed by atoms with van der Waals surface area (Å²) in [6.45, 7) is 10.1. The molecular weight excluding hydrogens is 428 g/mol. The minimum Gasteiger partial charge on any atom is -0.481 e. The molecule has 0 bridgehead atoms. The molecular formula is C27H32N4O3. The number of anilines is 1. The van der Waals surface area contributed by atoms with Crippen molar-refractivity contribution in [2.45, 2.75) is 19.9 Å². The van der Waals surface area contributed by atoms with Crippen molar-refractivity contribution in [3.05, 3.63) is 84.0 Å². The van der Waals surface area contributed by atoms with Crippen LogP contribution in [0.5, 0.6) is 0 Å². The molecule has 1 aromatic carbocycles. The number of nitrogens with one attached hydrogen (secondary N) is 1. The maximum absolute atomic E-state index is 12.5. The fourth-order valence-corrected chi connectivity index (χ4v) is 3.51. The van der Waals surface area contributed by atoms with E-state index < -0.39 is 0 Å². The van der Waals surface area contributed by atoms with Crippen LogP contribution in [0, 0.1) is 0 Å². The van der Waals surface area contributed by atoms with Gasteiger partial charge in [-0.2, -0.15) is 0 Å². The second-order valence-corrected chi connectivity index (χ2v) is 7.79. The molecule has 0 radical (unpaired) electrons. The maximum Gasteiger partial charge on any atom is 0.248 e. The molecule has 0 saturated carbocycles. The molecule has 0 spiro atoms. The maximum atomic E-state index is 12.5. The first-order valence-corrected chi connectivity index (χ1v) is 11.4. The molecule has 0 atom stereocenters. The fourth-order valence-electron chi connectivity index (χ4n) is 3.51. The fraction of sp³-hybridized carbons (Fsp3) is 0.296. The molecule has 7 heteroatoms. The van der Waals surface area contributed by atoms with Crippen LogP contribution in [0.4, 0.5) is 5.69 Å². The molecule has 1 aliphatic heterocycles. The van der Waals surface area contributed by atoms with Gasteiger partial charge in [-0.15, -0.1) is 0 Å².